The summed E-state index contributed by atoms with van der Waals surface area (Å²) in [7, 11) is -3.31. The monoisotopic (exact) mass is 269 g/mol. The molecule has 2 rings (SSSR count). The molecule has 0 radical (unpaired) electrons. The standard InChI is InChI=1S/C13H19NO3S/c15-13-8-4-7-12(9-13)14-18(16,17)10-11-5-2-1-3-6-11/h4,7-9,11,14-15H,1-3,5-6,10H2. The van der Waals surface area contributed by atoms with E-state index in [4.69, 9.17) is 0 Å². The van der Waals surface area contributed by atoms with E-state index >= 15 is 0 Å². The number of anilines is 1. The summed E-state index contributed by atoms with van der Waals surface area (Å²) in [4.78, 5) is 0. The highest BCUT2D eigenvalue weighted by molar-refractivity contribution is 7.92. The van der Waals surface area contributed by atoms with Gasteiger partial charge in [0.25, 0.3) is 0 Å². The molecule has 18 heavy (non-hydrogen) atoms. The number of rotatable bonds is 4. The smallest absolute Gasteiger partial charge is 0.232 e. The van der Waals surface area contributed by atoms with Crippen molar-refractivity contribution < 1.29 is 13.5 Å². The third-order valence-electron chi connectivity index (χ3n) is 3.30. The number of benzene rings is 1. The first-order chi connectivity index (χ1) is 8.55. The van der Waals surface area contributed by atoms with Crippen LogP contribution in [0, 0.1) is 5.92 Å². The van der Waals surface area contributed by atoms with Gasteiger partial charge in [-0.15, -0.1) is 0 Å². The van der Waals surface area contributed by atoms with Crippen molar-refractivity contribution in [1.82, 2.24) is 0 Å². The van der Waals surface area contributed by atoms with Gasteiger partial charge in [0.2, 0.25) is 10.0 Å². The van der Waals surface area contributed by atoms with Crippen molar-refractivity contribution in [2.75, 3.05) is 10.5 Å². The van der Waals surface area contributed by atoms with E-state index in [9.17, 15) is 13.5 Å². The molecule has 1 aliphatic rings. The number of aromatic hydroxyl groups is 1. The Labute approximate surface area is 108 Å². The third kappa shape index (κ3) is 3.91. The molecule has 0 aliphatic heterocycles. The largest absolute Gasteiger partial charge is 0.508 e. The van der Waals surface area contributed by atoms with Gasteiger partial charge in [-0.2, -0.15) is 0 Å². The highest BCUT2D eigenvalue weighted by Crippen LogP contribution is 2.25. The maximum atomic E-state index is 12.0. The van der Waals surface area contributed by atoms with Crippen LogP contribution < -0.4 is 4.72 Å². The van der Waals surface area contributed by atoms with E-state index in [2.05, 4.69) is 4.72 Å². The van der Waals surface area contributed by atoms with Gasteiger partial charge in [0, 0.05) is 6.07 Å². The Morgan fingerprint density at radius 3 is 2.61 bits per heavy atom. The molecule has 0 spiro atoms. The van der Waals surface area contributed by atoms with E-state index in [1.54, 1.807) is 12.1 Å². The van der Waals surface area contributed by atoms with Crippen LogP contribution in [0.1, 0.15) is 32.1 Å². The van der Waals surface area contributed by atoms with Crippen molar-refractivity contribution in [1.29, 1.82) is 0 Å². The van der Waals surface area contributed by atoms with E-state index in [1.165, 1.54) is 18.6 Å². The van der Waals surface area contributed by atoms with Crippen molar-refractivity contribution in [3.63, 3.8) is 0 Å². The Hall–Kier alpha value is -1.23. The van der Waals surface area contributed by atoms with Gasteiger partial charge in [0.15, 0.2) is 0 Å². The molecule has 0 atom stereocenters. The molecule has 1 fully saturated rings. The van der Waals surface area contributed by atoms with Crippen molar-refractivity contribution >= 4 is 15.7 Å². The quantitative estimate of drug-likeness (QED) is 0.883. The lowest BCUT2D eigenvalue weighted by Gasteiger charge is -2.21. The molecule has 0 aromatic heterocycles. The Kier molecular flexibility index (Phi) is 4.11. The van der Waals surface area contributed by atoms with Crippen LogP contribution in [0.3, 0.4) is 0 Å². The van der Waals surface area contributed by atoms with Crippen LogP contribution in [0.4, 0.5) is 5.69 Å². The van der Waals surface area contributed by atoms with Gasteiger partial charge in [-0.25, -0.2) is 8.42 Å². The Balaban J connectivity index is 1.98. The molecule has 1 aliphatic carbocycles. The first-order valence-electron chi connectivity index (χ1n) is 6.35. The molecule has 1 aromatic carbocycles. The van der Waals surface area contributed by atoms with Gasteiger partial charge in [0.05, 0.1) is 11.4 Å². The fourth-order valence-corrected chi connectivity index (χ4v) is 3.98. The van der Waals surface area contributed by atoms with Gasteiger partial charge < -0.3 is 5.11 Å². The fraction of sp³-hybridized carbons (Fsp3) is 0.538. The summed E-state index contributed by atoms with van der Waals surface area (Å²) in [6.07, 6.45) is 5.48. The van der Waals surface area contributed by atoms with Gasteiger partial charge >= 0.3 is 0 Å². The molecule has 0 amide bonds. The van der Waals surface area contributed by atoms with Crippen LogP contribution >= 0.6 is 0 Å². The average Bonchev–Trinajstić information content (AvgIpc) is 2.28. The fourth-order valence-electron chi connectivity index (χ4n) is 2.45. The van der Waals surface area contributed by atoms with Crippen LogP contribution in [0.25, 0.3) is 0 Å². The van der Waals surface area contributed by atoms with Crippen molar-refractivity contribution in [2.24, 2.45) is 5.92 Å². The summed E-state index contributed by atoms with van der Waals surface area (Å²) in [5.41, 5.74) is 0.422. The molecule has 4 nitrogen and oxygen atoms in total. The second-order valence-electron chi connectivity index (χ2n) is 4.94. The van der Waals surface area contributed by atoms with Crippen LogP contribution in [-0.4, -0.2) is 19.3 Å². The summed E-state index contributed by atoms with van der Waals surface area (Å²) >= 11 is 0. The Morgan fingerprint density at radius 1 is 1.22 bits per heavy atom. The summed E-state index contributed by atoms with van der Waals surface area (Å²) in [6, 6.07) is 6.18. The molecule has 100 valence electrons. The maximum absolute atomic E-state index is 12.0. The van der Waals surface area contributed by atoms with Crippen molar-refractivity contribution in [2.45, 2.75) is 32.1 Å². The van der Waals surface area contributed by atoms with Gasteiger partial charge in [-0.3, -0.25) is 4.72 Å². The Morgan fingerprint density at radius 2 is 1.94 bits per heavy atom. The number of phenols is 1. The molecule has 0 saturated heterocycles. The van der Waals surface area contributed by atoms with Crippen LogP contribution in [0.15, 0.2) is 24.3 Å². The molecular formula is C13H19NO3S. The molecule has 1 saturated carbocycles. The number of hydrogen-bond donors (Lipinski definition) is 2. The molecule has 0 unspecified atom stereocenters. The van der Waals surface area contributed by atoms with E-state index < -0.39 is 10.0 Å². The Bertz CT molecular complexity index is 493. The van der Waals surface area contributed by atoms with Crippen LogP contribution in [-0.2, 0) is 10.0 Å². The molecule has 2 N–H and O–H groups in total. The third-order valence-corrected chi connectivity index (χ3v) is 4.76. The number of phenolic OH excluding ortho intramolecular Hbond substituents is 1. The lowest BCUT2D eigenvalue weighted by molar-refractivity contribution is 0.385. The molecule has 5 heteroatoms. The number of hydrogen-bond acceptors (Lipinski definition) is 3. The summed E-state index contributed by atoms with van der Waals surface area (Å²) in [5, 5.41) is 9.30. The summed E-state index contributed by atoms with van der Waals surface area (Å²) < 4.78 is 26.5. The van der Waals surface area contributed by atoms with E-state index in [-0.39, 0.29) is 17.4 Å². The highest BCUT2D eigenvalue weighted by Gasteiger charge is 2.21. The molecular weight excluding hydrogens is 250 g/mol. The van der Waals surface area contributed by atoms with Crippen LogP contribution in [0.2, 0.25) is 0 Å². The van der Waals surface area contributed by atoms with Crippen molar-refractivity contribution in [3.05, 3.63) is 24.3 Å². The van der Waals surface area contributed by atoms with E-state index in [1.807, 2.05) is 0 Å². The topological polar surface area (TPSA) is 66.4 Å². The van der Waals surface area contributed by atoms with E-state index in [0.29, 0.717) is 5.69 Å². The minimum Gasteiger partial charge on any atom is -0.508 e. The van der Waals surface area contributed by atoms with E-state index in [0.717, 1.165) is 25.7 Å². The first-order valence-corrected chi connectivity index (χ1v) is 8.00. The molecule has 1 aromatic rings. The minimum absolute atomic E-state index is 0.0628. The number of sulfonamides is 1. The SMILES string of the molecule is O=S(=O)(CC1CCCCC1)Nc1cccc(O)c1. The second kappa shape index (κ2) is 5.61. The minimum atomic E-state index is -3.31. The molecule has 0 heterocycles. The van der Waals surface area contributed by atoms with Gasteiger partial charge in [0.1, 0.15) is 5.75 Å². The maximum Gasteiger partial charge on any atom is 0.232 e. The normalized spacial score (nSPS) is 17.6. The van der Waals surface area contributed by atoms with Crippen LogP contribution in [0.5, 0.6) is 5.75 Å². The molecule has 0 bridgehead atoms. The summed E-state index contributed by atoms with van der Waals surface area (Å²) in [5.74, 6) is 0.518. The number of nitrogens with one attached hydrogen (secondary N) is 1. The average molecular weight is 269 g/mol. The predicted molar refractivity (Wildman–Crippen MR) is 72.1 cm³/mol. The van der Waals surface area contributed by atoms with Gasteiger partial charge in [-0.05, 0) is 30.9 Å². The zero-order valence-electron chi connectivity index (χ0n) is 10.3. The predicted octanol–water partition coefficient (Wildman–Crippen LogP) is 2.71. The zero-order valence-corrected chi connectivity index (χ0v) is 11.1. The highest BCUT2D eigenvalue weighted by atomic mass is 32.2. The second-order valence-corrected chi connectivity index (χ2v) is 6.70. The lowest BCUT2D eigenvalue weighted by Crippen LogP contribution is -2.24. The summed E-state index contributed by atoms with van der Waals surface area (Å²) in [6.45, 7) is 0. The van der Waals surface area contributed by atoms with Crippen molar-refractivity contribution in [3.8, 4) is 5.75 Å². The lowest BCUT2D eigenvalue weighted by atomic mass is 9.91. The van der Waals surface area contributed by atoms with Gasteiger partial charge in [-0.1, -0.05) is 25.3 Å². The first kappa shape index (κ1) is 13.2. The zero-order chi connectivity index (χ0) is 13.0.